The predicted octanol–water partition coefficient (Wildman–Crippen LogP) is 3.47. The monoisotopic (exact) mass is 261 g/mol. The van der Waals surface area contributed by atoms with Crippen LogP contribution in [0.4, 0.5) is 0 Å². The van der Waals surface area contributed by atoms with Crippen LogP contribution < -0.4 is 4.74 Å². The van der Waals surface area contributed by atoms with Crippen molar-refractivity contribution < 1.29 is 9.53 Å². The molecular weight excluding hydrogens is 246 g/mol. The molecule has 2 rings (SSSR count). The molecule has 0 unspecified atom stereocenters. The molecule has 0 aliphatic rings. The Bertz CT molecular complexity index is 560. The van der Waals surface area contributed by atoms with Crippen LogP contribution in [0.3, 0.4) is 0 Å². The van der Waals surface area contributed by atoms with E-state index in [9.17, 15) is 4.79 Å². The van der Waals surface area contributed by atoms with Crippen molar-refractivity contribution in [1.29, 1.82) is 0 Å². The molecule has 0 saturated heterocycles. The van der Waals surface area contributed by atoms with Crippen molar-refractivity contribution in [2.24, 2.45) is 0 Å². The summed E-state index contributed by atoms with van der Waals surface area (Å²) in [4.78, 5) is 17.2. The number of aromatic nitrogens is 1. The fourth-order valence-corrected chi connectivity index (χ4v) is 2.41. The van der Waals surface area contributed by atoms with Crippen LogP contribution in [0, 0.1) is 6.92 Å². The summed E-state index contributed by atoms with van der Waals surface area (Å²) >= 11 is 1.36. The lowest BCUT2D eigenvalue weighted by molar-refractivity contribution is 0.103. The lowest BCUT2D eigenvalue weighted by Gasteiger charge is -2.13. The van der Waals surface area contributed by atoms with Crippen LogP contribution in [-0.2, 0) is 0 Å². The van der Waals surface area contributed by atoms with Crippen LogP contribution in [0.5, 0.6) is 5.75 Å². The van der Waals surface area contributed by atoms with Gasteiger partial charge in [0.05, 0.1) is 27.7 Å². The molecule has 1 heterocycles. The summed E-state index contributed by atoms with van der Waals surface area (Å²) in [7, 11) is 0. The van der Waals surface area contributed by atoms with E-state index in [1.807, 2.05) is 39.0 Å². The fraction of sp³-hybridized carbons (Fsp3) is 0.286. The van der Waals surface area contributed by atoms with Crippen LogP contribution in [0.2, 0.25) is 0 Å². The number of ether oxygens (including phenoxy) is 1. The van der Waals surface area contributed by atoms with Crippen LogP contribution >= 0.6 is 11.3 Å². The average molecular weight is 261 g/mol. The Kier molecular flexibility index (Phi) is 3.77. The third-order valence-corrected chi connectivity index (χ3v) is 3.37. The summed E-state index contributed by atoms with van der Waals surface area (Å²) in [6, 6.07) is 7.33. The lowest BCUT2D eigenvalue weighted by Crippen LogP contribution is -2.10. The maximum atomic E-state index is 12.4. The number of thiazole rings is 1. The van der Waals surface area contributed by atoms with E-state index in [1.54, 1.807) is 11.6 Å². The van der Waals surface area contributed by atoms with Gasteiger partial charge >= 0.3 is 0 Å². The molecule has 94 valence electrons. The van der Waals surface area contributed by atoms with E-state index >= 15 is 0 Å². The molecule has 0 saturated carbocycles. The van der Waals surface area contributed by atoms with Crippen molar-refractivity contribution in [1.82, 2.24) is 4.98 Å². The van der Waals surface area contributed by atoms with Crippen molar-refractivity contribution in [2.75, 3.05) is 0 Å². The quantitative estimate of drug-likeness (QED) is 0.791. The van der Waals surface area contributed by atoms with Gasteiger partial charge in [-0.25, -0.2) is 4.98 Å². The molecule has 0 atom stereocenters. The number of rotatable bonds is 4. The number of nitrogens with zero attached hydrogens (tertiary/aromatic N) is 1. The molecule has 0 radical (unpaired) electrons. The van der Waals surface area contributed by atoms with E-state index in [1.165, 1.54) is 11.3 Å². The molecule has 2 aromatic rings. The molecule has 0 N–H and O–H groups in total. The second-order valence-corrected chi connectivity index (χ2v) is 5.11. The highest BCUT2D eigenvalue weighted by atomic mass is 32.1. The molecule has 0 fully saturated rings. The van der Waals surface area contributed by atoms with E-state index in [0.29, 0.717) is 16.2 Å². The Morgan fingerprint density at radius 3 is 2.67 bits per heavy atom. The SMILES string of the molecule is Cc1ncsc1C(=O)c1ccccc1OC(C)C. The van der Waals surface area contributed by atoms with E-state index in [4.69, 9.17) is 4.74 Å². The molecule has 0 spiro atoms. The number of para-hydroxylation sites is 1. The van der Waals surface area contributed by atoms with Gasteiger partial charge in [-0.15, -0.1) is 11.3 Å². The van der Waals surface area contributed by atoms with E-state index in [0.717, 1.165) is 5.69 Å². The molecule has 4 heteroatoms. The molecular formula is C14H15NO2S. The van der Waals surface area contributed by atoms with Gasteiger partial charge in [0, 0.05) is 0 Å². The van der Waals surface area contributed by atoms with Crippen LogP contribution in [-0.4, -0.2) is 16.9 Å². The minimum absolute atomic E-state index is 0.0220. The first-order valence-corrected chi connectivity index (χ1v) is 6.68. The zero-order valence-electron chi connectivity index (χ0n) is 10.6. The third-order valence-electron chi connectivity index (χ3n) is 2.45. The van der Waals surface area contributed by atoms with E-state index in [-0.39, 0.29) is 11.9 Å². The van der Waals surface area contributed by atoms with Gasteiger partial charge in [-0.05, 0) is 32.9 Å². The molecule has 1 aromatic heterocycles. The summed E-state index contributed by atoms with van der Waals surface area (Å²) in [5.41, 5.74) is 3.05. The maximum Gasteiger partial charge on any atom is 0.208 e. The normalized spacial score (nSPS) is 10.7. The highest BCUT2D eigenvalue weighted by Crippen LogP contribution is 2.25. The van der Waals surface area contributed by atoms with Crippen molar-refractivity contribution in [2.45, 2.75) is 26.9 Å². The number of hydrogen-bond acceptors (Lipinski definition) is 4. The third kappa shape index (κ3) is 2.59. The van der Waals surface area contributed by atoms with Gasteiger partial charge in [0.15, 0.2) is 0 Å². The second-order valence-electron chi connectivity index (χ2n) is 4.26. The van der Waals surface area contributed by atoms with E-state index < -0.39 is 0 Å². The minimum atomic E-state index is -0.0220. The Balaban J connectivity index is 2.39. The van der Waals surface area contributed by atoms with E-state index in [2.05, 4.69) is 4.98 Å². The maximum absolute atomic E-state index is 12.4. The van der Waals surface area contributed by atoms with Crippen LogP contribution in [0.1, 0.15) is 34.8 Å². The predicted molar refractivity (Wildman–Crippen MR) is 72.5 cm³/mol. The number of benzene rings is 1. The molecule has 18 heavy (non-hydrogen) atoms. The van der Waals surface area contributed by atoms with Gasteiger partial charge in [-0.3, -0.25) is 4.79 Å². The molecule has 3 nitrogen and oxygen atoms in total. The molecule has 0 aliphatic heterocycles. The number of aryl methyl sites for hydroxylation is 1. The Morgan fingerprint density at radius 1 is 1.33 bits per heavy atom. The van der Waals surface area contributed by atoms with Crippen molar-refractivity contribution in [3.63, 3.8) is 0 Å². The topological polar surface area (TPSA) is 39.2 Å². The summed E-state index contributed by atoms with van der Waals surface area (Å²) < 4.78 is 5.67. The molecule has 0 aliphatic carbocycles. The zero-order chi connectivity index (χ0) is 13.1. The highest BCUT2D eigenvalue weighted by Gasteiger charge is 2.18. The Hall–Kier alpha value is -1.68. The second kappa shape index (κ2) is 5.31. The van der Waals surface area contributed by atoms with Gasteiger partial charge < -0.3 is 4.74 Å². The first-order valence-electron chi connectivity index (χ1n) is 5.80. The van der Waals surface area contributed by atoms with Crippen molar-refractivity contribution in [3.05, 3.63) is 45.9 Å². The number of carbonyl (C=O) groups is 1. The number of hydrogen-bond donors (Lipinski definition) is 0. The number of carbonyl (C=O) groups excluding carboxylic acids is 1. The lowest BCUT2D eigenvalue weighted by atomic mass is 10.1. The Labute approximate surface area is 110 Å². The standard InChI is InChI=1S/C14H15NO2S/c1-9(2)17-12-7-5-4-6-11(12)13(16)14-10(3)15-8-18-14/h4-9H,1-3H3. The average Bonchev–Trinajstić information content (AvgIpc) is 2.74. The summed E-state index contributed by atoms with van der Waals surface area (Å²) in [6.07, 6.45) is 0.0431. The van der Waals surface area contributed by atoms with Gasteiger partial charge in [0.1, 0.15) is 5.75 Å². The van der Waals surface area contributed by atoms with Crippen molar-refractivity contribution in [3.8, 4) is 5.75 Å². The molecule has 1 aromatic carbocycles. The van der Waals surface area contributed by atoms with Crippen LogP contribution in [0.15, 0.2) is 29.8 Å². The zero-order valence-corrected chi connectivity index (χ0v) is 11.5. The Morgan fingerprint density at radius 2 is 2.06 bits per heavy atom. The minimum Gasteiger partial charge on any atom is -0.490 e. The molecule has 0 amide bonds. The summed E-state index contributed by atoms with van der Waals surface area (Å²) in [5, 5.41) is 0. The summed E-state index contributed by atoms with van der Waals surface area (Å²) in [5.74, 6) is 0.608. The van der Waals surface area contributed by atoms with Gasteiger partial charge in [-0.1, -0.05) is 12.1 Å². The van der Waals surface area contributed by atoms with Crippen LogP contribution in [0.25, 0.3) is 0 Å². The highest BCUT2D eigenvalue weighted by molar-refractivity contribution is 7.12. The largest absolute Gasteiger partial charge is 0.490 e. The van der Waals surface area contributed by atoms with Gasteiger partial charge in [0.2, 0.25) is 5.78 Å². The first-order chi connectivity index (χ1) is 8.59. The first kappa shape index (κ1) is 12.8. The summed E-state index contributed by atoms with van der Waals surface area (Å²) in [6.45, 7) is 5.73. The smallest absolute Gasteiger partial charge is 0.208 e. The fourth-order valence-electron chi connectivity index (χ4n) is 1.65. The van der Waals surface area contributed by atoms with Crippen molar-refractivity contribution >= 4 is 17.1 Å². The number of ketones is 1. The van der Waals surface area contributed by atoms with Gasteiger partial charge in [0.25, 0.3) is 0 Å². The van der Waals surface area contributed by atoms with Gasteiger partial charge in [-0.2, -0.15) is 0 Å². The molecule has 0 bridgehead atoms.